The summed E-state index contributed by atoms with van der Waals surface area (Å²) in [7, 11) is 0. The average molecular weight is 365 g/mol. The fourth-order valence-electron chi connectivity index (χ4n) is 2.76. The van der Waals surface area contributed by atoms with Gasteiger partial charge in [-0.15, -0.1) is 0 Å². The number of benzene rings is 2. The fourth-order valence-corrected chi connectivity index (χ4v) is 2.76. The summed E-state index contributed by atoms with van der Waals surface area (Å²) >= 11 is 0. The molecule has 0 aliphatic heterocycles. The third kappa shape index (κ3) is 3.79. The number of nitrogens with zero attached hydrogens (tertiary/aromatic N) is 3. The van der Waals surface area contributed by atoms with Gasteiger partial charge in [0.1, 0.15) is 11.7 Å². The lowest BCUT2D eigenvalue weighted by atomic mass is 10.0. The Morgan fingerprint density at radius 2 is 1.67 bits per heavy atom. The maximum atomic E-state index is 12.5. The summed E-state index contributed by atoms with van der Waals surface area (Å²) in [6.45, 7) is 1.76. The monoisotopic (exact) mass is 365 g/mol. The zero-order valence-corrected chi connectivity index (χ0v) is 14.7. The molecule has 0 fully saturated rings. The van der Waals surface area contributed by atoms with Gasteiger partial charge in [-0.25, -0.2) is 4.79 Å². The Labute approximate surface area is 155 Å². The molecule has 0 aliphatic carbocycles. The first kappa shape index (κ1) is 18.1. The lowest BCUT2D eigenvalue weighted by Gasteiger charge is -2.05. The molecule has 8 heteroatoms. The van der Waals surface area contributed by atoms with Crippen LogP contribution in [0.4, 0.5) is 0 Å². The van der Waals surface area contributed by atoms with Crippen LogP contribution in [0.5, 0.6) is 0 Å². The number of amidine groups is 1. The molecule has 0 radical (unpaired) electrons. The minimum absolute atomic E-state index is 0.0186. The van der Waals surface area contributed by atoms with Gasteiger partial charge in [-0.3, -0.25) is 14.8 Å². The number of carboxylic acids is 1. The number of nitrogens with one attached hydrogen (secondary N) is 1. The van der Waals surface area contributed by atoms with Gasteiger partial charge in [0.25, 0.3) is 0 Å². The smallest absolute Gasteiger partial charge is 0.350 e. The Hall–Kier alpha value is -3.68. The molecule has 8 nitrogen and oxygen atoms in total. The number of hydrogen-bond donors (Lipinski definition) is 3. The lowest BCUT2D eigenvalue weighted by Crippen LogP contribution is -2.25. The second kappa shape index (κ2) is 7.28. The normalized spacial score (nSPS) is 10.7. The number of aryl methyl sites for hydroxylation is 1. The van der Waals surface area contributed by atoms with Crippen molar-refractivity contribution in [2.24, 2.45) is 5.73 Å². The number of rotatable bonds is 6. The van der Waals surface area contributed by atoms with E-state index in [1.807, 2.05) is 24.3 Å². The molecule has 0 atom stereocenters. The van der Waals surface area contributed by atoms with Crippen LogP contribution >= 0.6 is 0 Å². The van der Waals surface area contributed by atoms with E-state index in [1.165, 1.54) is 9.25 Å². The Morgan fingerprint density at radius 1 is 1.11 bits per heavy atom. The summed E-state index contributed by atoms with van der Waals surface area (Å²) in [5, 5.41) is 20.5. The van der Waals surface area contributed by atoms with Gasteiger partial charge in [0.15, 0.2) is 0 Å². The van der Waals surface area contributed by atoms with Crippen LogP contribution in [-0.2, 0) is 11.3 Å². The third-order valence-electron chi connectivity index (χ3n) is 4.24. The van der Waals surface area contributed by atoms with Crippen molar-refractivity contribution < 1.29 is 9.90 Å². The first-order chi connectivity index (χ1) is 12.9. The van der Waals surface area contributed by atoms with Crippen molar-refractivity contribution in [3.63, 3.8) is 0 Å². The zero-order valence-electron chi connectivity index (χ0n) is 14.7. The SMILES string of the molecule is Cc1nn(-c2ccc(-c3ccc(C(=N)N)cc3)cc2)c(=O)n1CCC(=O)O. The lowest BCUT2D eigenvalue weighted by molar-refractivity contribution is -0.137. The Bertz CT molecular complexity index is 1050. The van der Waals surface area contributed by atoms with Crippen LogP contribution in [0.15, 0.2) is 53.3 Å². The molecule has 2 aromatic carbocycles. The minimum Gasteiger partial charge on any atom is -0.481 e. The number of aromatic nitrogens is 3. The topological polar surface area (TPSA) is 127 Å². The Kier molecular flexibility index (Phi) is 4.89. The molecule has 0 amide bonds. The summed E-state index contributed by atoms with van der Waals surface area (Å²) in [6.07, 6.45) is -0.137. The molecule has 0 unspecified atom stereocenters. The van der Waals surface area contributed by atoms with Crippen LogP contribution in [0.1, 0.15) is 17.8 Å². The van der Waals surface area contributed by atoms with Crippen LogP contribution in [-0.4, -0.2) is 31.3 Å². The maximum absolute atomic E-state index is 12.5. The van der Waals surface area contributed by atoms with Crippen molar-refractivity contribution in [1.82, 2.24) is 14.3 Å². The molecule has 0 saturated heterocycles. The molecule has 4 N–H and O–H groups in total. The maximum Gasteiger partial charge on any atom is 0.350 e. The predicted octanol–water partition coefficient (Wildman–Crippen LogP) is 1.77. The van der Waals surface area contributed by atoms with Crippen molar-refractivity contribution in [2.75, 3.05) is 0 Å². The van der Waals surface area contributed by atoms with Gasteiger partial charge in [0.05, 0.1) is 12.1 Å². The van der Waals surface area contributed by atoms with E-state index in [0.717, 1.165) is 11.1 Å². The molecular formula is C19H19N5O3. The van der Waals surface area contributed by atoms with Gasteiger partial charge in [-0.2, -0.15) is 9.78 Å². The zero-order chi connectivity index (χ0) is 19.6. The average Bonchev–Trinajstić information content (AvgIpc) is 2.94. The van der Waals surface area contributed by atoms with Gasteiger partial charge in [0.2, 0.25) is 0 Å². The van der Waals surface area contributed by atoms with E-state index in [-0.39, 0.29) is 24.5 Å². The van der Waals surface area contributed by atoms with Crippen molar-refractivity contribution in [1.29, 1.82) is 5.41 Å². The highest BCUT2D eigenvalue weighted by Crippen LogP contribution is 2.21. The molecule has 3 rings (SSSR count). The van der Waals surface area contributed by atoms with Crippen molar-refractivity contribution in [3.05, 3.63) is 70.4 Å². The summed E-state index contributed by atoms with van der Waals surface area (Å²) in [6, 6.07) is 14.6. The minimum atomic E-state index is -0.964. The third-order valence-corrected chi connectivity index (χ3v) is 4.24. The highest BCUT2D eigenvalue weighted by Gasteiger charge is 2.12. The van der Waals surface area contributed by atoms with Gasteiger partial charge < -0.3 is 10.8 Å². The molecule has 0 spiro atoms. The summed E-state index contributed by atoms with van der Waals surface area (Å²) in [4.78, 5) is 23.2. The van der Waals surface area contributed by atoms with E-state index in [0.29, 0.717) is 17.1 Å². The molecule has 1 aromatic heterocycles. The molecule has 0 saturated carbocycles. The number of nitrogen functional groups attached to an aromatic ring is 1. The standard InChI is InChI=1S/C19H19N5O3/c1-12-22-24(19(27)23(12)11-10-17(25)26)16-8-6-14(7-9-16)13-2-4-15(5-3-13)18(20)21/h2-9H,10-11H2,1H3,(H3,20,21)(H,25,26). The summed E-state index contributed by atoms with van der Waals surface area (Å²) < 4.78 is 2.61. The van der Waals surface area contributed by atoms with Crippen molar-refractivity contribution >= 4 is 11.8 Å². The van der Waals surface area contributed by atoms with Crippen LogP contribution in [0.3, 0.4) is 0 Å². The summed E-state index contributed by atoms with van der Waals surface area (Å²) in [5.74, 6) is -0.482. The van der Waals surface area contributed by atoms with E-state index in [9.17, 15) is 9.59 Å². The second-order valence-electron chi connectivity index (χ2n) is 6.07. The predicted molar refractivity (Wildman–Crippen MR) is 101 cm³/mol. The first-order valence-electron chi connectivity index (χ1n) is 8.30. The highest BCUT2D eigenvalue weighted by molar-refractivity contribution is 5.95. The highest BCUT2D eigenvalue weighted by atomic mass is 16.4. The van der Waals surface area contributed by atoms with E-state index in [2.05, 4.69) is 5.10 Å². The van der Waals surface area contributed by atoms with Gasteiger partial charge in [-0.1, -0.05) is 36.4 Å². The quantitative estimate of drug-likeness (QED) is 0.453. The molecule has 3 aromatic rings. The molecule has 27 heavy (non-hydrogen) atoms. The molecule has 0 aliphatic rings. The first-order valence-corrected chi connectivity index (χ1v) is 8.30. The van der Waals surface area contributed by atoms with Gasteiger partial charge in [-0.05, 0) is 30.2 Å². The summed E-state index contributed by atoms with van der Waals surface area (Å²) in [5.41, 5.74) is 8.26. The van der Waals surface area contributed by atoms with Crippen LogP contribution in [0, 0.1) is 12.3 Å². The number of carboxylic acid groups (broad SMARTS) is 1. The number of aliphatic carboxylic acids is 1. The van der Waals surface area contributed by atoms with Gasteiger partial charge >= 0.3 is 11.7 Å². The van der Waals surface area contributed by atoms with Crippen LogP contribution < -0.4 is 11.4 Å². The van der Waals surface area contributed by atoms with Crippen molar-refractivity contribution in [3.8, 4) is 16.8 Å². The molecule has 0 bridgehead atoms. The van der Waals surface area contributed by atoms with Crippen LogP contribution in [0.2, 0.25) is 0 Å². The molecule has 1 heterocycles. The van der Waals surface area contributed by atoms with E-state index in [4.69, 9.17) is 16.2 Å². The fraction of sp³-hybridized carbons (Fsp3) is 0.158. The van der Waals surface area contributed by atoms with Crippen molar-refractivity contribution in [2.45, 2.75) is 19.9 Å². The number of nitrogens with two attached hydrogens (primary N) is 1. The van der Waals surface area contributed by atoms with Gasteiger partial charge in [0, 0.05) is 12.1 Å². The second-order valence-corrected chi connectivity index (χ2v) is 6.07. The molecule has 138 valence electrons. The van der Waals surface area contributed by atoms with E-state index < -0.39 is 5.97 Å². The largest absolute Gasteiger partial charge is 0.481 e. The number of carbonyl (C=O) groups is 1. The van der Waals surface area contributed by atoms with Crippen LogP contribution in [0.25, 0.3) is 16.8 Å². The Morgan fingerprint density at radius 3 is 2.19 bits per heavy atom. The Balaban J connectivity index is 1.87. The van der Waals surface area contributed by atoms with E-state index >= 15 is 0 Å². The molecular weight excluding hydrogens is 346 g/mol. The van der Waals surface area contributed by atoms with E-state index in [1.54, 1.807) is 31.2 Å². The number of hydrogen-bond acceptors (Lipinski definition) is 4.